The largest absolute Gasteiger partial charge is 0.480 e. The van der Waals surface area contributed by atoms with Crippen LogP contribution in [0.1, 0.15) is 13.8 Å². The molecule has 102 valence electrons. The zero-order chi connectivity index (χ0) is 14.1. The smallest absolute Gasteiger partial charge is 0.322 e. The monoisotopic (exact) mass is 375 g/mol. The van der Waals surface area contributed by atoms with E-state index < -0.39 is 22.0 Å². The van der Waals surface area contributed by atoms with Gasteiger partial charge in [-0.2, -0.15) is 4.72 Å². The zero-order valence-corrected chi connectivity index (χ0v) is 13.5. The minimum atomic E-state index is -3.94. The highest BCUT2D eigenvalue weighted by atomic mass is 79.9. The van der Waals surface area contributed by atoms with Crippen LogP contribution in [0.15, 0.2) is 14.7 Å². The molecule has 5 nitrogen and oxygen atoms in total. The van der Waals surface area contributed by atoms with Gasteiger partial charge in [0.25, 0.3) is 0 Å². The highest BCUT2D eigenvalue weighted by molar-refractivity contribution is 9.11. The van der Waals surface area contributed by atoms with Gasteiger partial charge in [-0.3, -0.25) is 4.79 Å². The molecule has 1 aromatic rings. The summed E-state index contributed by atoms with van der Waals surface area (Å²) in [6, 6.07) is 0.152. The van der Waals surface area contributed by atoms with Gasteiger partial charge in [-0.25, -0.2) is 8.42 Å². The zero-order valence-electron chi connectivity index (χ0n) is 9.48. The fourth-order valence-corrected chi connectivity index (χ4v) is 5.32. The van der Waals surface area contributed by atoms with Gasteiger partial charge in [0.05, 0.1) is 3.79 Å². The third-order valence-corrected chi connectivity index (χ3v) is 5.70. The van der Waals surface area contributed by atoms with Crippen molar-refractivity contribution in [3.63, 3.8) is 0 Å². The molecule has 1 heterocycles. The van der Waals surface area contributed by atoms with Crippen LogP contribution < -0.4 is 4.72 Å². The lowest BCUT2D eigenvalue weighted by Crippen LogP contribution is -2.44. The van der Waals surface area contributed by atoms with Crippen molar-refractivity contribution >= 4 is 54.9 Å². The molecule has 1 aromatic heterocycles. The Labute approximate surface area is 122 Å². The summed E-state index contributed by atoms with van der Waals surface area (Å²) in [6.45, 7) is 3.24. The van der Waals surface area contributed by atoms with E-state index in [2.05, 4.69) is 20.7 Å². The molecule has 0 fully saturated rings. The van der Waals surface area contributed by atoms with Crippen LogP contribution in [0.5, 0.6) is 0 Å². The second-order valence-electron chi connectivity index (χ2n) is 3.87. The Morgan fingerprint density at radius 3 is 2.44 bits per heavy atom. The molecule has 0 radical (unpaired) electrons. The maximum atomic E-state index is 12.0. The summed E-state index contributed by atoms with van der Waals surface area (Å²) in [5, 5.41) is 8.96. The van der Waals surface area contributed by atoms with Crippen molar-refractivity contribution < 1.29 is 18.3 Å². The predicted octanol–water partition coefficient (Wildman–Crippen LogP) is 2.55. The summed E-state index contributed by atoms with van der Waals surface area (Å²) >= 11 is 9.97. The molecule has 0 amide bonds. The quantitative estimate of drug-likeness (QED) is 0.827. The van der Waals surface area contributed by atoms with Crippen molar-refractivity contribution in [3.8, 4) is 0 Å². The van der Waals surface area contributed by atoms with Crippen molar-refractivity contribution in [2.24, 2.45) is 5.92 Å². The van der Waals surface area contributed by atoms with Gasteiger partial charge < -0.3 is 5.11 Å². The molecule has 0 spiro atoms. The van der Waals surface area contributed by atoms with Gasteiger partial charge in [0.1, 0.15) is 15.3 Å². The van der Waals surface area contributed by atoms with E-state index in [1.165, 1.54) is 6.07 Å². The topological polar surface area (TPSA) is 83.5 Å². The van der Waals surface area contributed by atoms with E-state index in [-0.39, 0.29) is 15.1 Å². The first-order valence-corrected chi connectivity index (χ1v) is 8.32. The highest BCUT2D eigenvalue weighted by Gasteiger charge is 2.30. The Hall–Kier alpha value is -0.150. The molecular weight excluding hydrogens is 366 g/mol. The van der Waals surface area contributed by atoms with Crippen LogP contribution in [-0.2, 0) is 14.8 Å². The summed E-state index contributed by atoms with van der Waals surface area (Å²) in [4.78, 5) is 10.9. The summed E-state index contributed by atoms with van der Waals surface area (Å²) in [5.41, 5.74) is 0. The molecule has 0 saturated carbocycles. The lowest BCUT2D eigenvalue weighted by molar-refractivity contribution is -0.140. The van der Waals surface area contributed by atoms with Gasteiger partial charge in [-0.1, -0.05) is 25.4 Å². The minimum Gasteiger partial charge on any atom is -0.480 e. The maximum Gasteiger partial charge on any atom is 0.322 e. The van der Waals surface area contributed by atoms with E-state index in [1.54, 1.807) is 13.8 Å². The fraction of sp³-hybridized carbons (Fsp3) is 0.444. The predicted molar refractivity (Wildman–Crippen MR) is 73.6 cm³/mol. The third kappa shape index (κ3) is 3.67. The molecule has 0 unspecified atom stereocenters. The SMILES string of the molecule is CC(C)[C@@H](NS(=O)(=O)c1cc(Br)sc1Cl)C(=O)O. The van der Waals surface area contributed by atoms with Gasteiger partial charge in [-0.15, -0.1) is 11.3 Å². The first kappa shape index (κ1) is 15.9. The van der Waals surface area contributed by atoms with E-state index in [4.69, 9.17) is 16.7 Å². The molecule has 0 aliphatic rings. The van der Waals surface area contributed by atoms with Gasteiger partial charge >= 0.3 is 5.97 Å². The normalized spacial score (nSPS) is 13.8. The third-order valence-electron chi connectivity index (χ3n) is 2.13. The second-order valence-corrected chi connectivity index (χ2v) is 8.59. The van der Waals surface area contributed by atoms with Crippen molar-refractivity contribution in [1.82, 2.24) is 4.72 Å². The fourth-order valence-electron chi connectivity index (χ4n) is 1.21. The van der Waals surface area contributed by atoms with Crippen LogP contribution in [-0.4, -0.2) is 25.5 Å². The second kappa shape index (κ2) is 5.87. The summed E-state index contributed by atoms with van der Waals surface area (Å²) < 4.78 is 26.8. The number of halogens is 2. The number of aliphatic carboxylic acids is 1. The van der Waals surface area contributed by atoms with Crippen LogP contribution in [0, 0.1) is 5.92 Å². The number of sulfonamides is 1. The average Bonchev–Trinajstić information content (AvgIpc) is 2.54. The molecule has 2 N–H and O–H groups in total. The molecule has 1 rings (SSSR count). The molecule has 0 aliphatic heterocycles. The van der Waals surface area contributed by atoms with Crippen LogP contribution in [0.25, 0.3) is 0 Å². The first-order valence-electron chi connectivity index (χ1n) is 4.85. The van der Waals surface area contributed by atoms with Gasteiger partial charge in [0, 0.05) is 0 Å². The number of nitrogens with one attached hydrogen (secondary N) is 1. The molecule has 0 saturated heterocycles. The van der Waals surface area contributed by atoms with Gasteiger partial charge in [0.2, 0.25) is 10.0 Å². The van der Waals surface area contributed by atoms with E-state index in [9.17, 15) is 13.2 Å². The summed E-state index contributed by atoms with van der Waals surface area (Å²) in [7, 11) is -3.94. The van der Waals surface area contributed by atoms with Crippen LogP contribution in [0.2, 0.25) is 4.34 Å². The Morgan fingerprint density at radius 2 is 2.11 bits per heavy atom. The molecule has 0 aromatic carbocycles. The Bertz CT molecular complexity index is 555. The van der Waals surface area contributed by atoms with E-state index in [0.717, 1.165) is 11.3 Å². The first-order chi connectivity index (χ1) is 8.15. The van der Waals surface area contributed by atoms with E-state index in [0.29, 0.717) is 3.79 Å². The Balaban J connectivity index is 3.08. The average molecular weight is 377 g/mol. The summed E-state index contributed by atoms with van der Waals surface area (Å²) in [6.07, 6.45) is 0. The van der Waals surface area contributed by atoms with Crippen molar-refractivity contribution in [2.45, 2.75) is 24.8 Å². The van der Waals surface area contributed by atoms with Crippen molar-refractivity contribution in [1.29, 1.82) is 0 Å². The van der Waals surface area contributed by atoms with E-state index >= 15 is 0 Å². The lowest BCUT2D eigenvalue weighted by atomic mass is 10.1. The van der Waals surface area contributed by atoms with E-state index in [1.807, 2.05) is 0 Å². The number of carboxylic acid groups (broad SMARTS) is 1. The van der Waals surface area contributed by atoms with Crippen molar-refractivity contribution in [3.05, 3.63) is 14.2 Å². The maximum absolute atomic E-state index is 12.0. The van der Waals surface area contributed by atoms with Gasteiger partial charge in [0.15, 0.2) is 0 Å². The number of carboxylic acids is 1. The number of carbonyl (C=O) groups is 1. The van der Waals surface area contributed by atoms with Crippen LogP contribution >= 0.6 is 38.9 Å². The summed E-state index contributed by atoms with van der Waals surface area (Å²) in [5.74, 6) is -1.60. The Morgan fingerprint density at radius 1 is 1.56 bits per heavy atom. The minimum absolute atomic E-state index is 0.0854. The number of hydrogen-bond donors (Lipinski definition) is 2. The molecule has 0 bridgehead atoms. The molecular formula is C9H11BrClNO4S2. The van der Waals surface area contributed by atoms with Crippen LogP contribution in [0.3, 0.4) is 0 Å². The Kier molecular flexibility index (Phi) is 5.19. The highest BCUT2D eigenvalue weighted by Crippen LogP contribution is 2.34. The van der Waals surface area contributed by atoms with Crippen LogP contribution in [0.4, 0.5) is 0 Å². The molecule has 18 heavy (non-hydrogen) atoms. The van der Waals surface area contributed by atoms with Gasteiger partial charge in [-0.05, 0) is 27.9 Å². The molecule has 9 heteroatoms. The number of hydrogen-bond acceptors (Lipinski definition) is 4. The molecule has 0 aliphatic carbocycles. The number of thiophene rings is 1. The molecule has 1 atom stereocenters. The van der Waals surface area contributed by atoms with Crippen molar-refractivity contribution in [2.75, 3.05) is 0 Å². The number of rotatable bonds is 5. The standard InChI is InChI=1S/C9H11BrClNO4S2/c1-4(2)7(9(13)14)12-18(15,16)5-3-6(10)17-8(5)11/h3-4,7,12H,1-2H3,(H,13,14)/t7-/m1/s1. The lowest BCUT2D eigenvalue weighted by Gasteiger charge is -2.17.